The lowest BCUT2D eigenvalue weighted by molar-refractivity contribution is -0.385. The Morgan fingerprint density at radius 2 is 2.15 bits per heavy atom. The lowest BCUT2D eigenvalue weighted by Gasteiger charge is -2.27. The average molecular weight is 277 g/mol. The molecule has 0 N–H and O–H groups in total. The number of nitro groups is 1. The van der Waals surface area contributed by atoms with Crippen LogP contribution >= 0.6 is 0 Å². The van der Waals surface area contributed by atoms with E-state index in [0.29, 0.717) is 11.7 Å². The van der Waals surface area contributed by atoms with Gasteiger partial charge in [0.25, 0.3) is 5.69 Å². The molecule has 1 aromatic rings. The largest absolute Gasteiger partial charge is 0.490 e. The van der Waals surface area contributed by atoms with E-state index in [1.807, 2.05) is 0 Å². The highest BCUT2D eigenvalue weighted by Crippen LogP contribution is 2.30. The smallest absolute Gasteiger partial charge is 0.280 e. The van der Waals surface area contributed by atoms with Crippen molar-refractivity contribution in [1.82, 2.24) is 0 Å². The van der Waals surface area contributed by atoms with Gasteiger partial charge in [0.15, 0.2) is 5.78 Å². The molecule has 2 rings (SSSR count). The van der Waals surface area contributed by atoms with Gasteiger partial charge in [-0.2, -0.15) is 0 Å². The van der Waals surface area contributed by atoms with Gasteiger partial charge < -0.3 is 4.74 Å². The van der Waals surface area contributed by atoms with E-state index in [2.05, 4.69) is 6.92 Å². The Morgan fingerprint density at radius 3 is 2.75 bits per heavy atom. The average Bonchev–Trinajstić information content (AvgIpc) is 2.38. The van der Waals surface area contributed by atoms with Crippen LogP contribution in [0, 0.1) is 16.0 Å². The molecule has 20 heavy (non-hydrogen) atoms. The molecule has 0 aliphatic heterocycles. The summed E-state index contributed by atoms with van der Waals surface area (Å²) in [6.07, 6.45) is 4.49. The van der Waals surface area contributed by atoms with E-state index in [1.165, 1.54) is 25.5 Å². The standard InChI is InChI=1S/C15H19NO4/c1-10-4-3-5-12(8-10)20-13-6-7-15(16(18)19)14(9-13)11(2)17/h6-7,9-10,12H,3-5,8H2,1-2H3. The van der Waals surface area contributed by atoms with Crippen molar-refractivity contribution in [2.45, 2.75) is 45.6 Å². The normalized spacial score (nSPS) is 22.3. The summed E-state index contributed by atoms with van der Waals surface area (Å²) in [7, 11) is 0. The van der Waals surface area contributed by atoms with E-state index in [-0.39, 0.29) is 23.1 Å². The molecule has 0 saturated heterocycles. The maximum absolute atomic E-state index is 11.5. The molecule has 1 aromatic carbocycles. The van der Waals surface area contributed by atoms with Gasteiger partial charge in [-0.3, -0.25) is 14.9 Å². The van der Waals surface area contributed by atoms with Crippen molar-refractivity contribution in [3.63, 3.8) is 0 Å². The Kier molecular flexibility index (Phi) is 4.37. The molecule has 108 valence electrons. The molecule has 1 fully saturated rings. The highest BCUT2D eigenvalue weighted by molar-refractivity contribution is 5.98. The van der Waals surface area contributed by atoms with Crippen molar-refractivity contribution in [3.05, 3.63) is 33.9 Å². The van der Waals surface area contributed by atoms with Gasteiger partial charge in [0.2, 0.25) is 0 Å². The molecule has 0 radical (unpaired) electrons. The Hall–Kier alpha value is -1.91. The van der Waals surface area contributed by atoms with Gasteiger partial charge in [-0.15, -0.1) is 0 Å². The molecule has 1 aliphatic carbocycles. The lowest BCUT2D eigenvalue weighted by Crippen LogP contribution is -2.24. The fourth-order valence-electron chi connectivity index (χ4n) is 2.71. The minimum absolute atomic E-state index is 0.108. The summed E-state index contributed by atoms with van der Waals surface area (Å²) in [6, 6.07) is 4.40. The van der Waals surface area contributed by atoms with E-state index in [4.69, 9.17) is 4.74 Å². The Morgan fingerprint density at radius 1 is 1.40 bits per heavy atom. The molecule has 1 saturated carbocycles. The van der Waals surface area contributed by atoms with Crippen LogP contribution in [-0.4, -0.2) is 16.8 Å². The number of carbonyl (C=O) groups excluding carboxylic acids is 1. The van der Waals surface area contributed by atoms with Crippen molar-refractivity contribution < 1.29 is 14.5 Å². The third-order valence-electron chi connectivity index (χ3n) is 3.74. The quantitative estimate of drug-likeness (QED) is 0.477. The SMILES string of the molecule is CC(=O)c1cc(OC2CCCC(C)C2)ccc1[N+](=O)[O-]. The molecule has 5 heteroatoms. The fraction of sp³-hybridized carbons (Fsp3) is 0.533. The number of rotatable bonds is 4. The summed E-state index contributed by atoms with van der Waals surface area (Å²) in [6.45, 7) is 3.53. The third-order valence-corrected chi connectivity index (χ3v) is 3.74. The number of carbonyl (C=O) groups is 1. The van der Waals surface area contributed by atoms with E-state index in [0.717, 1.165) is 19.3 Å². The topological polar surface area (TPSA) is 69.4 Å². The second-order valence-corrected chi connectivity index (χ2v) is 5.50. The van der Waals surface area contributed by atoms with Crippen LogP contribution in [0.25, 0.3) is 0 Å². The highest BCUT2D eigenvalue weighted by atomic mass is 16.6. The number of hydrogen-bond donors (Lipinski definition) is 0. The number of ether oxygens (including phenoxy) is 1. The van der Waals surface area contributed by atoms with Crippen LogP contribution in [0.2, 0.25) is 0 Å². The predicted octanol–water partition coefficient (Wildman–Crippen LogP) is 3.75. The number of Topliss-reactive ketones (excluding diaryl/α,β-unsaturated/α-hetero) is 1. The molecule has 1 aliphatic rings. The summed E-state index contributed by atoms with van der Waals surface area (Å²) in [4.78, 5) is 21.9. The highest BCUT2D eigenvalue weighted by Gasteiger charge is 2.22. The molecule has 0 aromatic heterocycles. The second-order valence-electron chi connectivity index (χ2n) is 5.50. The lowest BCUT2D eigenvalue weighted by atomic mass is 9.89. The van der Waals surface area contributed by atoms with Crippen molar-refractivity contribution in [1.29, 1.82) is 0 Å². The van der Waals surface area contributed by atoms with Gasteiger partial charge in [0.05, 0.1) is 16.6 Å². The van der Waals surface area contributed by atoms with Gasteiger partial charge >= 0.3 is 0 Å². The summed E-state index contributed by atoms with van der Waals surface area (Å²) < 4.78 is 5.88. The molecule has 5 nitrogen and oxygen atoms in total. The maximum Gasteiger partial charge on any atom is 0.280 e. The summed E-state index contributed by atoms with van der Waals surface area (Å²) >= 11 is 0. The molecule has 0 heterocycles. The number of nitro benzene ring substituents is 1. The first-order valence-electron chi connectivity index (χ1n) is 6.93. The fourth-order valence-corrected chi connectivity index (χ4v) is 2.71. The van der Waals surface area contributed by atoms with E-state index < -0.39 is 4.92 Å². The Labute approximate surface area is 118 Å². The molecule has 0 spiro atoms. The molecule has 0 bridgehead atoms. The Bertz CT molecular complexity index is 527. The molecule has 0 amide bonds. The number of benzene rings is 1. The summed E-state index contributed by atoms with van der Waals surface area (Å²) in [5, 5.41) is 10.9. The third kappa shape index (κ3) is 3.35. The summed E-state index contributed by atoms with van der Waals surface area (Å²) in [5.41, 5.74) is -0.0572. The maximum atomic E-state index is 11.5. The molecule has 2 atom stereocenters. The monoisotopic (exact) mass is 277 g/mol. The zero-order chi connectivity index (χ0) is 14.7. The van der Waals surface area contributed by atoms with Crippen molar-refractivity contribution in [3.8, 4) is 5.75 Å². The van der Waals surface area contributed by atoms with E-state index in [9.17, 15) is 14.9 Å². The van der Waals surface area contributed by atoms with Crippen molar-refractivity contribution in [2.24, 2.45) is 5.92 Å². The van der Waals surface area contributed by atoms with Crippen molar-refractivity contribution in [2.75, 3.05) is 0 Å². The van der Waals surface area contributed by atoms with Crippen LogP contribution in [0.1, 0.15) is 49.9 Å². The van der Waals surface area contributed by atoms with Crippen LogP contribution in [-0.2, 0) is 0 Å². The van der Waals surface area contributed by atoms with Gasteiger partial charge in [-0.05, 0) is 44.2 Å². The first-order chi connectivity index (χ1) is 9.47. The zero-order valence-electron chi connectivity index (χ0n) is 11.8. The first-order valence-corrected chi connectivity index (χ1v) is 6.93. The number of nitrogens with zero attached hydrogens (tertiary/aromatic N) is 1. The van der Waals surface area contributed by atoms with Crippen LogP contribution in [0.3, 0.4) is 0 Å². The Balaban J connectivity index is 2.18. The molecular weight excluding hydrogens is 258 g/mol. The minimum atomic E-state index is -0.538. The van der Waals surface area contributed by atoms with Gasteiger partial charge in [0, 0.05) is 6.07 Å². The molecule has 2 unspecified atom stereocenters. The first kappa shape index (κ1) is 14.5. The van der Waals surface area contributed by atoms with Gasteiger partial charge in [-0.25, -0.2) is 0 Å². The van der Waals surface area contributed by atoms with Crippen LogP contribution in [0.4, 0.5) is 5.69 Å². The predicted molar refractivity (Wildman–Crippen MR) is 75.1 cm³/mol. The zero-order valence-corrected chi connectivity index (χ0v) is 11.8. The van der Waals surface area contributed by atoms with E-state index in [1.54, 1.807) is 6.07 Å². The number of ketones is 1. The van der Waals surface area contributed by atoms with Crippen LogP contribution in [0.5, 0.6) is 5.75 Å². The van der Waals surface area contributed by atoms with Crippen LogP contribution in [0.15, 0.2) is 18.2 Å². The van der Waals surface area contributed by atoms with Crippen molar-refractivity contribution >= 4 is 11.5 Å². The van der Waals surface area contributed by atoms with Crippen LogP contribution < -0.4 is 4.74 Å². The van der Waals surface area contributed by atoms with E-state index >= 15 is 0 Å². The number of hydrogen-bond acceptors (Lipinski definition) is 4. The van der Waals surface area contributed by atoms with Gasteiger partial charge in [-0.1, -0.05) is 13.3 Å². The second kappa shape index (κ2) is 6.03. The molecular formula is C15H19NO4. The summed E-state index contributed by atoms with van der Waals surface area (Å²) in [5.74, 6) is 0.859. The minimum Gasteiger partial charge on any atom is -0.490 e. The van der Waals surface area contributed by atoms with Gasteiger partial charge in [0.1, 0.15) is 5.75 Å².